The Morgan fingerprint density at radius 3 is 2.42 bits per heavy atom. The summed E-state index contributed by atoms with van der Waals surface area (Å²) in [5, 5.41) is 7.32. The van der Waals surface area contributed by atoms with Crippen LogP contribution in [0.1, 0.15) is 82.2 Å². The number of likely N-dealkylation sites (tertiary alicyclic amines) is 1. The highest BCUT2D eigenvalue weighted by Crippen LogP contribution is 2.34. The number of hydrogen-bond donors (Lipinski definition) is 3. The number of rotatable bonds is 10. The molecule has 2 aromatic heterocycles. The van der Waals surface area contributed by atoms with Gasteiger partial charge in [-0.2, -0.15) is 9.97 Å². The zero-order valence-corrected chi connectivity index (χ0v) is 25.6. The summed E-state index contributed by atoms with van der Waals surface area (Å²) >= 11 is 0. The van der Waals surface area contributed by atoms with E-state index in [0.717, 1.165) is 72.6 Å². The van der Waals surface area contributed by atoms with Crippen molar-refractivity contribution in [2.45, 2.75) is 101 Å². The van der Waals surface area contributed by atoms with E-state index < -0.39 is 0 Å². The Kier molecular flexibility index (Phi) is 9.16. The Morgan fingerprint density at radius 1 is 0.953 bits per heavy atom. The van der Waals surface area contributed by atoms with Gasteiger partial charge in [0.15, 0.2) is 17.0 Å². The smallest absolute Gasteiger partial charge is 0.227 e. The highest BCUT2D eigenvalue weighted by molar-refractivity contribution is 5.84. The van der Waals surface area contributed by atoms with Gasteiger partial charge in [0.05, 0.1) is 20.5 Å². The molecule has 6 rings (SSSR count). The van der Waals surface area contributed by atoms with Crippen LogP contribution < -0.4 is 25.8 Å². The number of carbonyl (C=O) groups is 1. The first kappa shape index (κ1) is 29.5. The zero-order chi connectivity index (χ0) is 29.8. The minimum Gasteiger partial charge on any atom is -0.497 e. The molecule has 43 heavy (non-hydrogen) atoms. The number of carbonyl (C=O) groups excluding carboxylic acids is 1. The van der Waals surface area contributed by atoms with Crippen LogP contribution in [0.5, 0.6) is 11.5 Å². The molecule has 232 valence electrons. The Labute approximate surface area is 253 Å². The first-order valence-electron chi connectivity index (χ1n) is 16.0. The van der Waals surface area contributed by atoms with Gasteiger partial charge in [-0.25, -0.2) is 4.98 Å². The fraction of sp³-hybridized carbons (Fsp3) is 0.625. The summed E-state index contributed by atoms with van der Waals surface area (Å²) in [6.07, 6.45) is 13.6. The van der Waals surface area contributed by atoms with Gasteiger partial charge in [-0.05, 0) is 81.5 Å². The summed E-state index contributed by atoms with van der Waals surface area (Å²) < 4.78 is 13.1. The summed E-state index contributed by atoms with van der Waals surface area (Å²) in [6, 6.07) is 6.99. The zero-order valence-electron chi connectivity index (χ0n) is 25.6. The first-order valence-corrected chi connectivity index (χ1v) is 16.0. The summed E-state index contributed by atoms with van der Waals surface area (Å²) in [7, 11) is 3.30. The largest absolute Gasteiger partial charge is 0.497 e. The molecule has 3 heterocycles. The number of benzene rings is 1. The number of ether oxygens (including phenoxy) is 2. The molecule has 1 aromatic carbocycles. The van der Waals surface area contributed by atoms with Crippen molar-refractivity contribution in [3.05, 3.63) is 30.1 Å². The maximum absolute atomic E-state index is 13.1. The maximum Gasteiger partial charge on any atom is 0.227 e. The summed E-state index contributed by atoms with van der Waals surface area (Å²) in [5.41, 5.74) is 8.86. The van der Waals surface area contributed by atoms with Gasteiger partial charge in [-0.15, -0.1) is 0 Å². The number of aromatic nitrogens is 4. The molecule has 11 nitrogen and oxygen atoms in total. The number of aryl methyl sites for hydroxylation is 1. The van der Waals surface area contributed by atoms with E-state index in [0.29, 0.717) is 50.0 Å². The van der Waals surface area contributed by atoms with Crippen LogP contribution in [0, 0.1) is 0 Å². The first-order chi connectivity index (χ1) is 21.0. The van der Waals surface area contributed by atoms with E-state index in [1.165, 1.54) is 25.7 Å². The van der Waals surface area contributed by atoms with Crippen molar-refractivity contribution < 1.29 is 14.3 Å². The lowest BCUT2D eigenvalue weighted by Gasteiger charge is -2.33. The molecule has 0 bridgehead atoms. The van der Waals surface area contributed by atoms with Crippen LogP contribution >= 0.6 is 0 Å². The molecule has 3 aromatic rings. The van der Waals surface area contributed by atoms with E-state index >= 15 is 0 Å². The highest BCUT2D eigenvalue weighted by atomic mass is 16.5. The van der Waals surface area contributed by atoms with Gasteiger partial charge in [-0.3, -0.25) is 4.79 Å². The van der Waals surface area contributed by atoms with Crippen LogP contribution in [0.4, 0.5) is 11.8 Å². The molecular weight excluding hydrogens is 544 g/mol. The maximum atomic E-state index is 13.1. The molecule has 11 heteroatoms. The lowest BCUT2D eigenvalue weighted by Crippen LogP contribution is -2.42. The lowest BCUT2D eigenvalue weighted by atomic mass is 9.92. The molecule has 0 atom stereocenters. The molecule has 1 aliphatic heterocycles. The quantitative estimate of drug-likeness (QED) is 0.308. The molecule has 3 aliphatic rings. The second-order valence-corrected chi connectivity index (χ2v) is 12.4. The second kappa shape index (κ2) is 13.4. The van der Waals surface area contributed by atoms with E-state index in [4.69, 9.17) is 30.2 Å². The Morgan fingerprint density at radius 2 is 1.70 bits per heavy atom. The molecule has 0 radical (unpaired) electrons. The van der Waals surface area contributed by atoms with Crippen molar-refractivity contribution in [3.63, 3.8) is 0 Å². The average molecular weight is 591 g/mol. The third-order valence-electron chi connectivity index (χ3n) is 9.53. The molecule has 2 aliphatic carbocycles. The normalized spacial score (nSPS) is 21.7. The van der Waals surface area contributed by atoms with Gasteiger partial charge in [0.25, 0.3) is 0 Å². The lowest BCUT2D eigenvalue weighted by molar-refractivity contribution is -0.132. The molecule has 1 saturated heterocycles. The molecule has 3 fully saturated rings. The van der Waals surface area contributed by atoms with Crippen molar-refractivity contribution in [3.8, 4) is 11.5 Å². The summed E-state index contributed by atoms with van der Waals surface area (Å²) in [4.78, 5) is 29.9. The molecule has 0 unspecified atom stereocenters. The summed E-state index contributed by atoms with van der Waals surface area (Å²) in [5.74, 6) is 3.16. The van der Waals surface area contributed by atoms with Gasteiger partial charge >= 0.3 is 0 Å². The Balaban J connectivity index is 1.11. The Hall–Kier alpha value is -3.60. The van der Waals surface area contributed by atoms with E-state index in [1.54, 1.807) is 14.2 Å². The standard InChI is InChI=1S/C32H46N8O3/c1-42-26-12-13-27(43-2)21(19-26)7-14-28(41)39-17-15-24(16-18-39)35-30-29-31(40(20-34-29)25-5-3-4-6-25)38-32(37-30)36-23-10-8-22(33)9-11-23/h12-13,19-20,22-25H,3-11,14-18,33H2,1-2H3,(H2,35,36,37,38)/t22-,23-. The molecule has 0 spiro atoms. The number of methoxy groups -OCH3 is 2. The molecule has 4 N–H and O–H groups in total. The topological polar surface area (TPSA) is 132 Å². The van der Waals surface area contributed by atoms with E-state index in [-0.39, 0.29) is 11.9 Å². The predicted molar refractivity (Wildman–Crippen MR) is 168 cm³/mol. The third-order valence-corrected chi connectivity index (χ3v) is 9.53. The van der Waals surface area contributed by atoms with Gasteiger partial charge in [0.2, 0.25) is 11.9 Å². The van der Waals surface area contributed by atoms with Crippen LogP contribution in [0.2, 0.25) is 0 Å². The number of hydrogen-bond acceptors (Lipinski definition) is 9. The molecule has 2 saturated carbocycles. The predicted octanol–water partition coefficient (Wildman–Crippen LogP) is 4.68. The fourth-order valence-corrected chi connectivity index (χ4v) is 6.92. The number of piperidine rings is 1. The van der Waals surface area contributed by atoms with Crippen molar-refractivity contribution in [1.29, 1.82) is 0 Å². The van der Waals surface area contributed by atoms with Crippen molar-refractivity contribution in [2.24, 2.45) is 5.73 Å². The number of anilines is 2. The van der Waals surface area contributed by atoms with E-state index in [2.05, 4.69) is 15.2 Å². The minimum absolute atomic E-state index is 0.168. The van der Waals surface area contributed by atoms with Gasteiger partial charge < -0.3 is 35.3 Å². The number of nitrogens with two attached hydrogens (primary N) is 1. The van der Waals surface area contributed by atoms with Gasteiger partial charge in [-0.1, -0.05) is 12.8 Å². The van der Waals surface area contributed by atoms with E-state index in [9.17, 15) is 4.79 Å². The number of nitrogens with one attached hydrogen (secondary N) is 2. The van der Waals surface area contributed by atoms with Crippen LogP contribution in [-0.4, -0.2) is 75.8 Å². The SMILES string of the molecule is COc1ccc(OC)c(CCC(=O)N2CCC(Nc3nc(N[C@H]4CC[C@H](N)CC4)nc4c3ncn4C3CCCC3)CC2)c1. The number of imidazole rings is 1. The minimum atomic E-state index is 0.168. The van der Waals surface area contributed by atoms with Gasteiger partial charge in [0, 0.05) is 43.7 Å². The van der Waals surface area contributed by atoms with Crippen molar-refractivity contribution in [1.82, 2.24) is 24.4 Å². The fourth-order valence-electron chi connectivity index (χ4n) is 6.92. The number of fused-ring (bicyclic) bond motifs is 1. The molecular formula is C32H46N8O3. The van der Waals surface area contributed by atoms with Crippen molar-refractivity contribution >= 4 is 28.8 Å². The van der Waals surface area contributed by atoms with Crippen LogP contribution in [0.15, 0.2) is 24.5 Å². The highest BCUT2D eigenvalue weighted by Gasteiger charge is 2.27. The monoisotopic (exact) mass is 590 g/mol. The average Bonchev–Trinajstić information content (AvgIpc) is 3.72. The van der Waals surface area contributed by atoms with Crippen LogP contribution in [0.3, 0.4) is 0 Å². The third kappa shape index (κ3) is 6.82. The molecule has 1 amide bonds. The summed E-state index contributed by atoms with van der Waals surface area (Å²) in [6.45, 7) is 1.42. The van der Waals surface area contributed by atoms with Crippen molar-refractivity contribution in [2.75, 3.05) is 37.9 Å². The number of amides is 1. The van der Waals surface area contributed by atoms with Crippen LogP contribution in [0.25, 0.3) is 11.2 Å². The number of nitrogens with zero attached hydrogens (tertiary/aromatic N) is 5. The Bertz CT molecular complexity index is 1390. The second-order valence-electron chi connectivity index (χ2n) is 12.4. The van der Waals surface area contributed by atoms with Crippen LogP contribution in [-0.2, 0) is 11.2 Å². The van der Waals surface area contributed by atoms with Gasteiger partial charge in [0.1, 0.15) is 11.5 Å². The van der Waals surface area contributed by atoms with E-state index in [1.807, 2.05) is 29.4 Å².